The lowest BCUT2D eigenvalue weighted by molar-refractivity contribution is 0.101. The molecule has 0 aromatic heterocycles. The number of rotatable bonds is 5. The van der Waals surface area contributed by atoms with Crippen molar-refractivity contribution < 1.29 is 0 Å². The van der Waals surface area contributed by atoms with Crippen LogP contribution in [-0.4, -0.2) is 61.7 Å². The minimum atomic E-state index is 0.761. The number of hydrogen-bond donors (Lipinski definition) is 1. The largest absolute Gasteiger partial charge is 0.316 e. The SMILES string of the molecule is CC(C)CNCC1CCN(C2CCN(C)C(C)C2)C1. The van der Waals surface area contributed by atoms with Gasteiger partial charge in [-0.3, -0.25) is 4.90 Å². The molecule has 1 N–H and O–H groups in total. The van der Waals surface area contributed by atoms with Gasteiger partial charge in [0.1, 0.15) is 0 Å². The number of likely N-dealkylation sites (tertiary alicyclic amines) is 2. The average molecular weight is 267 g/mol. The Morgan fingerprint density at radius 3 is 2.68 bits per heavy atom. The molecule has 0 aliphatic carbocycles. The molecule has 2 heterocycles. The van der Waals surface area contributed by atoms with Crippen molar-refractivity contribution in [2.75, 3.05) is 39.8 Å². The summed E-state index contributed by atoms with van der Waals surface area (Å²) < 4.78 is 0. The van der Waals surface area contributed by atoms with Crippen LogP contribution in [0.25, 0.3) is 0 Å². The molecule has 0 bridgehead atoms. The number of hydrogen-bond acceptors (Lipinski definition) is 3. The van der Waals surface area contributed by atoms with Gasteiger partial charge in [0.2, 0.25) is 0 Å². The quantitative estimate of drug-likeness (QED) is 0.822. The zero-order valence-electron chi connectivity index (χ0n) is 13.4. The summed E-state index contributed by atoms with van der Waals surface area (Å²) in [4.78, 5) is 5.28. The van der Waals surface area contributed by atoms with Gasteiger partial charge in [-0.2, -0.15) is 0 Å². The highest BCUT2D eigenvalue weighted by Crippen LogP contribution is 2.26. The van der Waals surface area contributed by atoms with E-state index in [1.165, 1.54) is 52.0 Å². The molecule has 3 heteroatoms. The summed E-state index contributed by atoms with van der Waals surface area (Å²) in [7, 11) is 2.27. The second-order valence-corrected chi connectivity index (χ2v) is 7.21. The lowest BCUT2D eigenvalue weighted by Crippen LogP contribution is -2.47. The first kappa shape index (κ1) is 15.3. The molecule has 0 radical (unpaired) electrons. The molecule has 3 unspecified atom stereocenters. The van der Waals surface area contributed by atoms with Crippen LogP contribution in [0.4, 0.5) is 0 Å². The first-order chi connectivity index (χ1) is 9.06. The lowest BCUT2D eigenvalue weighted by atomic mass is 9.97. The molecule has 2 saturated heterocycles. The molecular formula is C16H33N3. The van der Waals surface area contributed by atoms with Crippen LogP contribution in [0.3, 0.4) is 0 Å². The molecule has 0 amide bonds. The van der Waals surface area contributed by atoms with Crippen LogP contribution >= 0.6 is 0 Å². The third kappa shape index (κ3) is 4.44. The first-order valence-corrected chi connectivity index (χ1v) is 8.21. The Bertz CT molecular complexity index is 267. The van der Waals surface area contributed by atoms with Crippen LogP contribution in [0.2, 0.25) is 0 Å². The maximum Gasteiger partial charge on any atom is 0.0122 e. The zero-order chi connectivity index (χ0) is 13.8. The van der Waals surface area contributed by atoms with Crippen molar-refractivity contribution in [2.45, 2.75) is 52.1 Å². The van der Waals surface area contributed by atoms with Crippen molar-refractivity contribution in [1.82, 2.24) is 15.1 Å². The van der Waals surface area contributed by atoms with Gasteiger partial charge in [-0.05, 0) is 71.2 Å². The summed E-state index contributed by atoms with van der Waals surface area (Å²) in [6, 6.07) is 1.61. The van der Waals surface area contributed by atoms with Gasteiger partial charge in [0.25, 0.3) is 0 Å². The smallest absolute Gasteiger partial charge is 0.0122 e. The van der Waals surface area contributed by atoms with E-state index < -0.39 is 0 Å². The van der Waals surface area contributed by atoms with Gasteiger partial charge in [-0.15, -0.1) is 0 Å². The summed E-state index contributed by atoms with van der Waals surface area (Å²) in [5.41, 5.74) is 0. The molecule has 0 spiro atoms. The van der Waals surface area contributed by atoms with Crippen LogP contribution in [-0.2, 0) is 0 Å². The standard InChI is InChI=1S/C16H33N3/c1-13(2)10-17-11-15-5-8-19(12-15)16-6-7-18(4)14(3)9-16/h13-17H,5-12H2,1-4H3. The summed E-state index contributed by atoms with van der Waals surface area (Å²) in [5.74, 6) is 1.65. The van der Waals surface area contributed by atoms with Gasteiger partial charge in [-0.1, -0.05) is 13.8 Å². The normalized spacial score (nSPS) is 34.3. The van der Waals surface area contributed by atoms with Crippen molar-refractivity contribution >= 4 is 0 Å². The summed E-state index contributed by atoms with van der Waals surface area (Å²) in [6.45, 7) is 13.3. The maximum atomic E-state index is 3.63. The molecular weight excluding hydrogens is 234 g/mol. The Balaban J connectivity index is 1.70. The zero-order valence-corrected chi connectivity index (χ0v) is 13.4. The molecule has 2 fully saturated rings. The van der Waals surface area contributed by atoms with Crippen LogP contribution in [0.5, 0.6) is 0 Å². The number of nitrogens with zero attached hydrogens (tertiary/aromatic N) is 2. The van der Waals surface area contributed by atoms with E-state index in [9.17, 15) is 0 Å². The molecule has 112 valence electrons. The van der Waals surface area contributed by atoms with Gasteiger partial charge < -0.3 is 10.2 Å². The highest BCUT2D eigenvalue weighted by Gasteiger charge is 2.32. The van der Waals surface area contributed by atoms with E-state index in [2.05, 4.69) is 42.9 Å². The second-order valence-electron chi connectivity index (χ2n) is 7.21. The summed E-state index contributed by atoms with van der Waals surface area (Å²) in [5, 5.41) is 3.63. The van der Waals surface area contributed by atoms with E-state index in [0.29, 0.717) is 0 Å². The predicted octanol–water partition coefficient (Wildman–Crippen LogP) is 2.04. The number of piperidine rings is 1. The summed E-state index contributed by atoms with van der Waals surface area (Å²) in [6.07, 6.45) is 4.13. The highest BCUT2D eigenvalue weighted by atomic mass is 15.2. The van der Waals surface area contributed by atoms with Crippen molar-refractivity contribution in [3.05, 3.63) is 0 Å². The van der Waals surface area contributed by atoms with E-state index in [1.54, 1.807) is 0 Å². The lowest BCUT2D eigenvalue weighted by Gasteiger charge is -2.39. The van der Waals surface area contributed by atoms with Crippen LogP contribution < -0.4 is 5.32 Å². The second kappa shape index (κ2) is 7.05. The van der Waals surface area contributed by atoms with Gasteiger partial charge in [-0.25, -0.2) is 0 Å². The fraction of sp³-hybridized carbons (Fsp3) is 1.00. The van der Waals surface area contributed by atoms with E-state index in [0.717, 1.165) is 23.9 Å². The van der Waals surface area contributed by atoms with Gasteiger partial charge in [0, 0.05) is 18.6 Å². The Hall–Kier alpha value is -0.120. The van der Waals surface area contributed by atoms with Crippen LogP contribution in [0.1, 0.15) is 40.0 Å². The van der Waals surface area contributed by atoms with Gasteiger partial charge in [0.15, 0.2) is 0 Å². The molecule has 0 saturated carbocycles. The number of nitrogens with one attached hydrogen (secondary N) is 1. The maximum absolute atomic E-state index is 3.63. The van der Waals surface area contributed by atoms with E-state index in [1.807, 2.05) is 0 Å². The van der Waals surface area contributed by atoms with Crippen molar-refractivity contribution in [3.63, 3.8) is 0 Å². The van der Waals surface area contributed by atoms with Crippen molar-refractivity contribution in [2.24, 2.45) is 11.8 Å². The first-order valence-electron chi connectivity index (χ1n) is 8.21. The topological polar surface area (TPSA) is 18.5 Å². The minimum Gasteiger partial charge on any atom is -0.316 e. The molecule has 3 nitrogen and oxygen atoms in total. The fourth-order valence-electron chi connectivity index (χ4n) is 3.53. The highest BCUT2D eigenvalue weighted by molar-refractivity contribution is 4.88. The molecule has 2 aliphatic heterocycles. The van der Waals surface area contributed by atoms with Gasteiger partial charge >= 0.3 is 0 Å². The Kier molecular flexibility index (Phi) is 5.67. The average Bonchev–Trinajstić information content (AvgIpc) is 2.81. The summed E-state index contributed by atoms with van der Waals surface area (Å²) >= 11 is 0. The predicted molar refractivity (Wildman–Crippen MR) is 82.5 cm³/mol. The Morgan fingerprint density at radius 2 is 2.00 bits per heavy atom. The van der Waals surface area contributed by atoms with Crippen molar-refractivity contribution in [1.29, 1.82) is 0 Å². The third-order valence-electron chi connectivity index (χ3n) is 5.00. The molecule has 0 aromatic carbocycles. The van der Waals surface area contributed by atoms with Crippen molar-refractivity contribution in [3.8, 4) is 0 Å². The minimum absolute atomic E-state index is 0.761. The van der Waals surface area contributed by atoms with E-state index in [-0.39, 0.29) is 0 Å². The molecule has 2 rings (SSSR count). The monoisotopic (exact) mass is 267 g/mol. The van der Waals surface area contributed by atoms with E-state index >= 15 is 0 Å². The molecule has 3 atom stereocenters. The van der Waals surface area contributed by atoms with Gasteiger partial charge in [0.05, 0.1) is 0 Å². The fourth-order valence-corrected chi connectivity index (χ4v) is 3.53. The Morgan fingerprint density at radius 1 is 1.21 bits per heavy atom. The Labute approximate surface area is 119 Å². The molecule has 19 heavy (non-hydrogen) atoms. The third-order valence-corrected chi connectivity index (χ3v) is 5.00. The van der Waals surface area contributed by atoms with E-state index in [4.69, 9.17) is 0 Å². The van der Waals surface area contributed by atoms with Crippen LogP contribution in [0, 0.1) is 11.8 Å². The molecule has 2 aliphatic rings. The van der Waals surface area contributed by atoms with Crippen LogP contribution in [0.15, 0.2) is 0 Å². The molecule has 0 aromatic rings.